The number of nitrogens with zero attached hydrogens (tertiary/aromatic N) is 2. The molecule has 0 saturated carbocycles. The predicted octanol–water partition coefficient (Wildman–Crippen LogP) is 7.28. The van der Waals surface area contributed by atoms with Gasteiger partial charge in [-0.3, -0.25) is 0 Å². The largest absolute Gasteiger partial charge is 0.478 e. The van der Waals surface area contributed by atoms with Crippen molar-refractivity contribution >= 4 is 55.6 Å². The number of carboxylic acid groups (broad SMARTS) is 2. The molecule has 0 fully saturated rings. The van der Waals surface area contributed by atoms with Gasteiger partial charge in [-0.15, -0.1) is 0 Å². The Morgan fingerprint density at radius 2 is 0.816 bits per heavy atom. The van der Waals surface area contributed by atoms with Gasteiger partial charge < -0.3 is 19.3 Å². The lowest BCUT2D eigenvalue weighted by Gasteiger charge is -2.10. The van der Waals surface area contributed by atoms with Crippen molar-refractivity contribution in [2.45, 2.75) is 0 Å². The van der Waals surface area contributed by atoms with E-state index in [2.05, 4.69) is 45.5 Å². The van der Waals surface area contributed by atoms with E-state index in [1.165, 1.54) is 0 Å². The molecule has 6 nitrogen and oxygen atoms in total. The highest BCUT2D eigenvalue weighted by Crippen LogP contribution is 2.39. The maximum absolute atomic E-state index is 11.4. The van der Waals surface area contributed by atoms with E-state index in [9.17, 15) is 19.8 Å². The van der Waals surface area contributed by atoms with E-state index in [0.29, 0.717) is 0 Å². The van der Waals surface area contributed by atoms with Gasteiger partial charge in [-0.05, 0) is 72.8 Å². The van der Waals surface area contributed by atoms with E-state index >= 15 is 0 Å². The van der Waals surface area contributed by atoms with Crippen LogP contribution in [0, 0.1) is 0 Å². The number of hydrogen-bond acceptors (Lipinski definition) is 2. The van der Waals surface area contributed by atoms with Gasteiger partial charge in [0.2, 0.25) is 0 Å². The van der Waals surface area contributed by atoms with Crippen LogP contribution < -0.4 is 0 Å². The van der Waals surface area contributed by atoms with Crippen molar-refractivity contribution in [1.29, 1.82) is 0 Å². The number of aromatic carboxylic acids is 2. The second-order valence-corrected chi connectivity index (χ2v) is 9.30. The maximum atomic E-state index is 11.4. The molecule has 5 aromatic carbocycles. The third-order valence-corrected chi connectivity index (χ3v) is 7.21. The fraction of sp³-hybridized carbons (Fsp3) is 0. The Labute approximate surface area is 216 Å². The molecule has 0 amide bonds. The van der Waals surface area contributed by atoms with Crippen LogP contribution >= 0.6 is 0 Å². The van der Waals surface area contributed by atoms with Gasteiger partial charge in [-0.25, -0.2) is 9.59 Å². The average Bonchev–Trinajstić information content (AvgIpc) is 3.44. The minimum Gasteiger partial charge on any atom is -0.478 e. The van der Waals surface area contributed by atoms with Crippen LogP contribution in [0.1, 0.15) is 20.7 Å². The number of hydrogen-bond donors (Lipinski definition) is 2. The van der Waals surface area contributed by atoms with Crippen LogP contribution in [-0.4, -0.2) is 31.3 Å². The normalized spacial score (nSPS) is 11.6. The smallest absolute Gasteiger partial charge is 0.335 e. The van der Waals surface area contributed by atoms with Crippen LogP contribution in [0.25, 0.3) is 55.0 Å². The van der Waals surface area contributed by atoms with Gasteiger partial charge in [0.1, 0.15) is 0 Å². The second kappa shape index (κ2) is 8.08. The first-order chi connectivity index (χ1) is 18.5. The molecule has 182 valence electrons. The van der Waals surface area contributed by atoms with Crippen LogP contribution in [0.3, 0.4) is 0 Å². The van der Waals surface area contributed by atoms with Gasteiger partial charge >= 0.3 is 11.9 Å². The molecule has 2 aromatic heterocycles. The first-order valence-corrected chi connectivity index (χ1v) is 12.1. The standard InChI is InChI=1S/C32H20N2O4/c35-31(36)19-9-13-21(14-10-19)33-27-7-3-1-5-23(27)25-17-30-26(18-29(25)33)24-6-2-4-8-28(24)34(30)22-15-11-20(12-16-22)32(37)38/h1-18H,(H,35,36)(H,37,38). The quantitative estimate of drug-likeness (QED) is 0.268. The number of rotatable bonds is 4. The Bertz CT molecular complexity index is 1910. The zero-order valence-electron chi connectivity index (χ0n) is 20.0. The van der Waals surface area contributed by atoms with Crippen molar-refractivity contribution in [3.63, 3.8) is 0 Å². The van der Waals surface area contributed by atoms with Crippen molar-refractivity contribution in [3.8, 4) is 11.4 Å². The summed E-state index contributed by atoms with van der Waals surface area (Å²) in [7, 11) is 0. The summed E-state index contributed by atoms with van der Waals surface area (Å²) in [5.74, 6) is -1.91. The summed E-state index contributed by atoms with van der Waals surface area (Å²) in [4.78, 5) is 22.9. The molecular weight excluding hydrogens is 476 g/mol. The van der Waals surface area contributed by atoms with Gasteiger partial charge in [0, 0.05) is 32.9 Å². The van der Waals surface area contributed by atoms with E-state index in [-0.39, 0.29) is 11.1 Å². The minimum absolute atomic E-state index is 0.244. The topological polar surface area (TPSA) is 84.5 Å². The zero-order valence-corrected chi connectivity index (χ0v) is 20.0. The van der Waals surface area contributed by atoms with Gasteiger partial charge in [-0.1, -0.05) is 36.4 Å². The summed E-state index contributed by atoms with van der Waals surface area (Å²) in [6, 6.07) is 34.6. The number of carboxylic acids is 2. The number of fused-ring (bicyclic) bond motifs is 6. The van der Waals surface area contributed by atoms with Crippen molar-refractivity contribution < 1.29 is 19.8 Å². The summed E-state index contributed by atoms with van der Waals surface area (Å²) in [6.45, 7) is 0. The number of carbonyl (C=O) groups is 2. The van der Waals surface area contributed by atoms with Gasteiger partial charge in [0.05, 0.1) is 33.2 Å². The van der Waals surface area contributed by atoms with Crippen LogP contribution in [0.5, 0.6) is 0 Å². The van der Waals surface area contributed by atoms with Crippen LogP contribution in [0.2, 0.25) is 0 Å². The Balaban J connectivity index is 1.58. The lowest BCUT2D eigenvalue weighted by Crippen LogP contribution is -1.99. The Hall–Kier alpha value is -5.36. The Morgan fingerprint density at radius 1 is 0.447 bits per heavy atom. The van der Waals surface area contributed by atoms with Crippen molar-refractivity contribution in [1.82, 2.24) is 9.13 Å². The highest BCUT2D eigenvalue weighted by atomic mass is 16.4. The van der Waals surface area contributed by atoms with E-state index in [4.69, 9.17) is 0 Å². The minimum atomic E-state index is -0.954. The predicted molar refractivity (Wildman–Crippen MR) is 149 cm³/mol. The average molecular weight is 497 g/mol. The summed E-state index contributed by atoms with van der Waals surface area (Å²) in [5.41, 5.74) is 6.35. The molecule has 0 aliphatic rings. The monoisotopic (exact) mass is 496 g/mol. The summed E-state index contributed by atoms with van der Waals surface area (Å²) in [5, 5.41) is 23.1. The van der Waals surface area contributed by atoms with Crippen LogP contribution in [0.4, 0.5) is 0 Å². The van der Waals surface area contributed by atoms with E-state index in [1.54, 1.807) is 24.3 Å². The molecule has 0 aliphatic carbocycles. The summed E-state index contributed by atoms with van der Waals surface area (Å²) < 4.78 is 4.34. The third kappa shape index (κ3) is 3.14. The van der Waals surface area contributed by atoms with Crippen molar-refractivity contribution in [2.75, 3.05) is 0 Å². The third-order valence-electron chi connectivity index (χ3n) is 7.21. The lowest BCUT2D eigenvalue weighted by molar-refractivity contribution is 0.0686. The highest BCUT2D eigenvalue weighted by molar-refractivity contribution is 6.19. The Kier molecular flexibility index (Phi) is 4.65. The molecule has 0 radical (unpaired) electrons. The molecule has 0 atom stereocenters. The van der Waals surface area contributed by atoms with E-state index < -0.39 is 11.9 Å². The van der Waals surface area contributed by atoms with Crippen molar-refractivity contribution in [2.24, 2.45) is 0 Å². The molecule has 0 aliphatic heterocycles. The molecule has 7 aromatic rings. The van der Waals surface area contributed by atoms with Gasteiger partial charge in [0.25, 0.3) is 0 Å². The SMILES string of the molecule is O=C(O)c1ccc(-n2c3ccccc3c3cc4c(cc32)c2ccccc2n4-c2ccc(C(=O)O)cc2)cc1. The molecule has 0 unspecified atom stereocenters. The van der Waals surface area contributed by atoms with Gasteiger partial charge in [-0.2, -0.15) is 0 Å². The molecule has 0 saturated heterocycles. The number of benzene rings is 5. The molecule has 2 heterocycles. The second-order valence-electron chi connectivity index (χ2n) is 9.30. The molecule has 38 heavy (non-hydrogen) atoms. The van der Waals surface area contributed by atoms with Crippen LogP contribution in [0.15, 0.2) is 109 Å². The first-order valence-electron chi connectivity index (χ1n) is 12.1. The van der Waals surface area contributed by atoms with Crippen LogP contribution in [-0.2, 0) is 0 Å². The highest BCUT2D eigenvalue weighted by Gasteiger charge is 2.18. The summed E-state index contributed by atoms with van der Waals surface area (Å²) in [6.07, 6.45) is 0. The molecular formula is C32H20N2O4. The van der Waals surface area contributed by atoms with E-state index in [1.807, 2.05) is 48.5 Å². The number of para-hydroxylation sites is 2. The first kappa shape index (κ1) is 21.9. The van der Waals surface area contributed by atoms with Crippen molar-refractivity contribution in [3.05, 3.63) is 120 Å². The maximum Gasteiger partial charge on any atom is 0.335 e. The fourth-order valence-electron chi connectivity index (χ4n) is 5.49. The lowest BCUT2D eigenvalue weighted by atomic mass is 10.1. The van der Waals surface area contributed by atoms with Gasteiger partial charge in [0.15, 0.2) is 0 Å². The molecule has 0 bridgehead atoms. The molecule has 7 rings (SSSR count). The Morgan fingerprint density at radius 3 is 1.18 bits per heavy atom. The van der Waals surface area contributed by atoms with E-state index in [0.717, 1.165) is 55.0 Å². The number of aromatic nitrogens is 2. The molecule has 2 N–H and O–H groups in total. The summed E-state index contributed by atoms with van der Waals surface area (Å²) >= 11 is 0. The molecule has 6 heteroatoms. The molecule has 0 spiro atoms. The fourth-order valence-corrected chi connectivity index (χ4v) is 5.49. The zero-order chi connectivity index (χ0) is 26.0.